The van der Waals surface area contributed by atoms with Crippen molar-refractivity contribution in [2.24, 2.45) is 0 Å². The lowest BCUT2D eigenvalue weighted by molar-refractivity contribution is 0.326. The van der Waals surface area contributed by atoms with Crippen molar-refractivity contribution in [3.8, 4) is 0 Å². The van der Waals surface area contributed by atoms with Crippen molar-refractivity contribution >= 4 is 21.0 Å². The van der Waals surface area contributed by atoms with Crippen molar-refractivity contribution in [3.05, 3.63) is 0 Å². The first kappa shape index (κ1) is 9.59. The lowest BCUT2D eigenvalue weighted by Gasteiger charge is -2.23. The Morgan fingerprint density at radius 1 is 1.56 bits per heavy atom. The van der Waals surface area contributed by atoms with Gasteiger partial charge in [0.25, 0.3) is 0 Å². The topological polar surface area (TPSA) is 9.23 Å². The molecule has 9 heavy (non-hydrogen) atoms. The van der Waals surface area contributed by atoms with Gasteiger partial charge in [-0.2, -0.15) is 0 Å². The fraction of sp³-hybridized carbons (Fsp3) is 1.00. The molecule has 0 aliphatic carbocycles. The Labute approximate surface area is 62.3 Å². The highest BCUT2D eigenvalue weighted by molar-refractivity contribution is 8.85. The largest absolute Gasteiger partial charge is 0.328 e. The van der Waals surface area contributed by atoms with E-state index in [1.54, 1.807) is 0 Å². The number of hydrogen-bond donors (Lipinski definition) is 1. The number of thiol groups is 1. The molecular formula is C5H13FOS2. The third-order valence-electron chi connectivity index (χ3n) is 0.650. The summed E-state index contributed by atoms with van der Waals surface area (Å²) in [7, 11) is -1.17. The Bertz CT molecular complexity index is 71.8. The molecule has 0 rings (SSSR count). The number of hydrogen-bond acceptors (Lipinski definition) is 2. The predicted molar refractivity (Wildman–Crippen MR) is 45.0 cm³/mol. The summed E-state index contributed by atoms with van der Waals surface area (Å²) in [6, 6.07) is 0. The number of halogens is 1. The van der Waals surface area contributed by atoms with Gasteiger partial charge < -0.3 is 4.18 Å². The monoisotopic (exact) mass is 172 g/mol. The van der Waals surface area contributed by atoms with E-state index in [1.165, 1.54) is 0 Å². The van der Waals surface area contributed by atoms with Crippen LogP contribution >= 0.6 is 21.0 Å². The average Bonchev–Trinajstić information content (AvgIpc) is 1.63. The molecule has 0 aliphatic rings. The first-order chi connectivity index (χ1) is 4.06. The second-order valence-corrected chi connectivity index (χ2v) is 7.28. The quantitative estimate of drug-likeness (QED) is 0.388. The first-order valence-electron chi connectivity index (χ1n) is 2.72. The van der Waals surface area contributed by atoms with Crippen molar-refractivity contribution in [3.63, 3.8) is 0 Å². The van der Waals surface area contributed by atoms with Crippen LogP contribution in [0.1, 0.15) is 6.42 Å². The molecular weight excluding hydrogens is 159 g/mol. The van der Waals surface area contributed by atoms with E-state index in [1.807, 2.05) is 12.5 Å². The van der Waals surface area contributed by atoms with Crippen LogP contribution in [-0.2, 0) is 4.18 Å². The van der Waals surface area contributed by atoms with Gasteiger partial charge >= 0.3 is 0 Å². The fourth-order valence-corrected chi connectivity index (χ4v) is 1.07. The number of alkyl halides is 1. The Morgan fingerprint density at radius 2 is 2.11 bits per heavy atom. The molecule has 0 saturated carbocycles. The summed E-state index contributed by atoms with van der Waals surface area (Å²) < 4.78 is 16.6. The Morgan fingerprint density at radius 3 is 2.44 bits per heavy atom. The molecule has 0 N–H and O–H groups in total. The molecule has 58 valence electrons. The predicted octanol–water partition coefficient (Wildman–Crippen LogP) is 2.19. The third-order valence-corrected chi connectivity index (χ3v) is 1.71. The van der Waals surface area contributed by atoms with Crippen LogP contribution < -0.4 is 0 Å². The van der Waals surface area contributed by atoms with Crippen LogP contribution in [0.15, 0.2) is 0 Å². The molecule has 0 aromatic rings. The highest BCUT2D eigenvalue weighted by Crippen LogP contribution is 2.45. The first-order valence-corrected chi connectivity index (χ1v) is 6.15. The van der Waals surface area contributed by atoms with Crippen LogP contribution in [0.3, 0.4) is 0 Å². The molecule has 0 fully saturated rings. The molecule has 0 unspecified atom stereocenters. The summed E-state index contributed by atoms with van der Waals surface area (Å²) in [4.78, 5) is 0. The van der Waals surface area contributed by atoms with Gasteiger partial charge in [0.1, 0.15) is 0 Å². The van der Waals surface area contributed by atoms with Gasteiger partial charge in [-0.25, -0.2) is 0 Å². The maximum absolute atomic E-state index is 11.5. The van der Waals surface area contributed by atoms with Crippen LogP contribution in [0.25, 0.3) is 0 Å². The molecule has 0 aliphatic heterocycles. The highest BCUT2D eigenvalue weighted by Gasteiger charge is 2.02. The minimum absolute atomic E-state index is 0.302. The minimum atomic E-state index is -1.17. The normalized spacial score (nSPS) is 13.8. The van der Waals surface area contributed by atoms with Crippen LogP contribution in [0.5, 0.6) is 0 Å². The van der Waals surface area contributed by atoms with E-state index in [0.717, 1.165) is 0 Å². The van der Waals surface area contributed by atoms with Gasteiger partial charge in [-0.1, -0.05) is 9.34 Å². The van der Waals surface area contributed by atoms with Crippen molar-refractivity contribution < 1.29 is 8.57 Å². The lowest BCUT2D eigenvalue weighted by atomic mass is 10.5. The smallest absolute Gasteiger partial charge is 0.0916 e. The minimum Gasteiger partial charge on any atom is -0.328 e. The van der Waals surface area contributed by atoms with E-state index in [2.05, 4.69) is 11.7 Å². The van der Waals surface area contributed by atoms with Crippen LogP contribution in [0.4, 0.5) is 4.39 Å². The molecule has 0 spiro atoms. The van der Waals surface area contributed by atoms with E-state index in [9.17, 15) is 4.39 Å². The van der Waals surface area contributed by atoms with E-state index >= 15 is 0 Å². The molecule has 0 atom stereocenters. The molecule has 0 heterocycles. The summed E-state index contributed by atoms with van der Waals surface area (Å²) in [5.74, 6) is 0. The van der Waals surface area contributed by atoms with E-state index in [0.29, 0.717) is 13.0 Å². The van der Waals surface area contributed by atoms with E-state index in [-0.39, 0.29) is 6.67 Å². The molecule has 0 amide bonds. The molecule has 4 heteroatoms. The van der Waals surface area contributed by atoms with Gasteiger partial charge in [-0.05, 0) is 12.5 Å². The van der Waals surface area contributed by atoms with E-state index < -0.39 is 9.34 Å². The molecule has 0 aromatic heterocycles. The summed E-state index contributed by atoms with van der Waals surface area (Å²) >= 11 is 4.17. The molecule has 0 aromatic carbocycles. The SMILES string of the molecule is CS(C)(S)OCCCF. The highest BCUT2D eigenvalue weighted by atomic mass is 33.1. The molecule has 0 saturated heterocycles. The molecule has 0 radical (unpaired) electrons. The lowest BCUT2D eigenvalue weighted by Crippen LogP contribution is -1.96. The third kappa shape index (κ3) is 8.59. The van der Waals surface area contributed by atoms with Crippen LogP contribution in [0.2, 0.25) is 0 Å². The molecule has 1 nitrogen and oxygen atoms in total. The summed E-state index contributed by atoms with van der Waals surface area (Å²) in [6.07, 6.45) is 4.31. The summed E-state index contributed by atoms with van der Waals surface area (Å²) in [5, 5.41) is 0. The zero-order chi connectivity index (χ0) is 7.33. The number of rotatable bonds is 4. The Kier molecular flexibility index (Phi) is 4.70. The van der Waals surface area contributed by atoms with Crippen LogP contribution in [0, 0.1) is 0 Å². The molecule has 0 bridgehead atoms. The maximum atomic E-state index is 11.5. The van der Waals surface area contributed by atoms with Crippen molar-refractivity contribution in [2.45, 2.75) is 6.42 Å². The van der Waals surface area contributed by atoms with Crippen molar-refractivity contribution in [1.29, 1.82) is 0 Å². The Hall–Kier alpha value is 0.590. The van der Waals surface area contributed by atoms with Crippen LogP contribution in [-0.4, -0.2) is 25.8 Å². The van der Waals surface area contributed by atoms with Gasteiger partial charge in [0, 0.05) is 6.42 Å². The second kappa shape index (κ2) is 4.41. The summed E-state index contributed by atoms with van der Waals surface area (Å²) in [5.41, 5.74) is 0. The summed E-state index contributed by atoms with van der Waals surface area (Å²) in [6.45, 7) is 0.186. The van der Waals surface area contributed by atoms with Gasteiger partial charge in [0.2, 0.25) is 0 Å². The Balaban J connectivity index is 3.07. The standard InChI is InChI=1S/C5H13FOS2/c1-9(2,8)7-5-3-4-6/h8H,3-5H2,1-2H3. The van der Waals surface area contributed by atoms with Gasteiger partial charge in [0.05, 0.1) is 13.3 Å². The maximum Gasteiger partial charge on any atom is 0.0916 e. The van der Waals surface area contributed by atoms with Crippen molar-refractivity contribution in [2.75, 3.05) is 25.8 Å². The second-order valence-electron chi connectivity index (χ2n) is 2.05. The van der Waals surface area contributed by atoms with E-state index in [4.69, 9.17) is 4.18 Å². The van der Waals surface area contributed by atoms with Gasteiger partial charge in [-0.3, -0.25) is 4.39 Å². The van der Waals surface area contributed by atoms with Crippen molar-refractivity contribution in [1.82, 2.24) is 0 Å². The van der Waals surface area contributed by atoms with Gasteiger partial charge in [0.15, 0.2) is 0 Å². The fourth-order valence-electron chi connectivity index (χ4n) is 0.317. The average molecular weight is 172 g/mol. The zero-order valence-corrected chi connectivity index (χ0v) is 7.47. The zero-order valence-electron chi connectivity index (χ0n) is 5.76. The van der Waals surface area contributed by atoms with Gasteiger partial charge in [-0.15, -0.1) is 11.7 Å².